The highest BCUT2D eigenvalue weighted by Gasteiger charge is 2.30. The third-order valence-corrected chi connectivity index (χ3v) is 5.15. The third kappa shape index (κ3) is 5.66. The number of carboxylic acid groups (broad SMARTS) is 1. The van der Waals surface area contributed by atoms with Gasteiger partial charge in [0, 0.05) is 11.6 Å². The smallest absolute Gasteiger partial charge is 0.416 e. The second-order valence-corrected chi connectivity index (χ2v) is 7.75. The number of carbonyl (C=O) groups is 1. The van der Waals surface area contributed by atoms with E-state index in [-0.39, 0.29) is 22.8 Å². The summed E-state index contributed by atoms with van der Waals surface area (Å²) >= 11 is 0. The van der Waals surface area contributed by atoms with Crippen molar-refractivity contribution in [1.29, 1.82) is 0 Å². The molecule has 0 unspecified atom stereocenters. The number of carboxylic acids is 1. The number of ether oxygens (including phenoxy) is 1. The molecule has 7 nitrogen and oxygen atoms in total. The van der Waals surface area contributed by atoms with Crippen molar-refractivity contribution in [1.82, 2.24) is 10.6 Å². The van der Waals surface area contributed by atoms with Crippen LogP contribution in [-0.2, 0) is 11.0 Å². The molecule has 1 aromatic heterocycles. The van der Waals surface area contributed by atoms with Gasteiger partial charge in [-0.3, -0.25) is 10.3 Å². The lowest BCUT2D eigenvalue weighted by atomic mass is 10.0. The number of aromatic carboxylic acids is 1. The van der Waals surface area contributed by atoms with E-state index >= 15 is 0 Å². The van der Waals surface area contributed by atoms with E-state index in [0.29, 0.717) is 28.6 Å². The fourth-order valence-corrected chi connectivity index (χ4v) is 3.39. The maximum absolute atomic E-state index is 12.8. The summed E-state index contributed by atoms with van der Waals surface area (Å²) in [5.41, 5.74) is 2.99. The van der Waals surface area contributed by atoms with Gasteiger partial charge in [-0.25, -0.2) is 4.79 Å². The van der Waals surface area contributed by atoms with Gasteiger partial charge < -0.3 is 14.4 Å². The van der Waals surface area contributed by atoms with Gasteiger partial charge in [-0.15, -0.1) is 0 Å². The van der Waals surface area contributed by atoms with E-state index < -0.39 is 17.7 Å². The van der Waals surface area contributed by atoms with Crippen molar-refractivity contribution in [2.24, 2.45) is 0 Å². The van der Waals surface area contributed by atoms with Gasteiger partial charge in [0.2, 0.25) is 0 Å². The van der Waals surface area contributed by atoms with Crippen LogP contribution in [0.2, 0.25) is 0 Å². The Morgan fingerprint density at radius 1 is 1.11 bits per heavy atom. The van der Waals surface area contributed by atoms with E-state index in [1.165, 1.54) is 30.5 Å². The molecule has 0 saturated heterocycles. The van der Waals surface area contributed by atoms with Gasteiger partial charge in [0.15, 0.2) is 5.76 Å². The number of nitrogens with zero attached hydrogens (tertiary/aromatic N) is 1. The van der Waals surface area contributed by atoms with Crippen molar-refractivity contribution in [3.8, 4) is 17.0 Å². The molecule has 1 heterocycles. The van der Waals surface area contributed by atoms with Gasteiger partial charge in [-0.1, -0.05) is 48.5 Å². The fourth-order valence-electron chi connectivity index (χ4n) is 3.39. The summed E-state index contributed by atoms with van der Waals surface area (Å²) in [6, 6.07) is 16.2. The Hall–Kier alpha value is -4.31. The van der Waals surface area contributed by atoms with E-state index in [0.717, 1.165) is 18.6 Å². The first-order chi connectivity index (χ1) is 17.3. The number of alkyl halides is 3. The van der Waals surface area contributed by atoms with Gasteiger partial charge in [0.05, 0.1) is 17.7 Å². The summed E-state index contributed by atoms with van der Waals surface area (Å²) < 4.78 is 49.7. The van der Waals surface area contributed by atoms with Gasteiger partial charge >= 0.3 is 12.1 Å². The summed E-state index contributed by atoms with van der Waals surface area (Å²) in [5, 5.41) is 14.8. The van der Waals surface area contributed by atoms with Crippen LogP contribution in [0.4, 0.5) is 13.2 Å². The normalized spacial score (nSPS) is 12.1. The van der Waals surface area contributed by atoms with Gasteiger partial charge in [-0.05, 0) is 41.5 Å². The minimum Gasteiger partial charge on any atom is -0.478 e. The van der Waals surface area contributed by atoms with Crippen molar-refractivity contribution < 1.29 is 37.2 Å². The van der Waals surface area contributed by atoms with Crippen LogP contribution in [-0.4, -0.2) is 22.8 Å². The molecule has 0 spiro atoms. The van der Waals surface area contributed by atoms with E-state index in [1.54, 1.807) is 30.3 Å². The molecule has 4 aromatic rings. The highest BCUT2D eigenvalue weighted by Crippen LogP contribution is 2.31. The average molecular weight is 498 g/mol. The molecule has 0 bridgehead atoms. The zero-order valence-corrected chi connectivity index (χ0v) is 19.0. The fraction of sp³-hybridized carbons (Fsp3) is 0.154. The SMILES string of the molecule is CCCONC(=COc1cc(C(=O)O)c2ccccc2c1)c1cc(-c2ccc(C(F)(F)F)cc2)no1. The van der Waals surface area contributed by atoms with E-state index in [2.05, 4.69) is 10.6 Å². The molecule has 0 atom stereocenters. The van der Waals surface area contributed by atoms with E-state index in [1.807, 2.05) is 6.92 Å². The average Bonchev–Trinajstić information content (AvgIpc) is 3.35. The van der Waals surface area contributed by atoms with Crippen LogP contribution in [0.15, 0.2) is 77.5 Å². The highest BCUT2D eigenvalue weighted by molar-refractivity contribution is 6.04. The lowest BCUT2D eigenvalue weighted by molar-refractivity contribution is -0.137. The van der Waals surface area contributed by atoms with Gasteiger partial charge in [0.1, 0.15) is 23.4 Å². The molecule has 0 amide bonds. The molecule has 186 valence electrons. The molecule has 0 saturated carbocycles. The predicted octanol–water partition coefficient (Wildman–Crippen LogP) is 6.52. The molecule has 4 rings (SSSR count). The number of hydroxylamine groups is 1. The zero-order valence-electron chi connectivity index (χ0n) is 19.0. The summed E-state index contributed by atoms with van der Waals surface area (Å²) in [4.78, 5) is 17.1. The molecule has 2 N–H and O–H groups in total. The minimum atomic E-state index is -4.44. The van der Waals surface area contributed by atoms with Crippen molar-refractivity contribution in [3.63, 3.8) is 0 Å². The number of benzene rings is 3. The molecule has 0 aliphatic carbocycles. The standard InChI is InChI=1S/C26H21F3N2O5/c1-2-11-35-30-23(15-34-19-12-17-5-3-4-6-20(17)21(13-19)25(32)33)24-14-22(31-36-24)16-7-9-18(10-8-16)26(27,28)29/h3-10,12-15,30H,2,11H2,1H3,(H,32,33). The Labute approximate surface area is 203 Å². The van der Waals surface area contributed by atoms with Crippen LogP contribution in [0.1, 0.15) is 35.0 Å². The first-order valence-electron chi connectivity index (χ1n) is 10.9. The molecule has 10 heteroatoms. The van der Waals surface area contributed by atoms with E-state index in [4.69, 9.17) is 14.1 Å². The Bertz CT molecular complexity index is 1390. The molecule has 0 aliphatic heterocycles. The Kier molecular flexibility index (Phi) is 7.25. The summed E-state index contributed by atoms with van der Waals surface area (Å²) in [6.45, 7) is 2.29. The molecule has 0 radical (unpaired) electrons. The summed E-state index contributed by atoms with van der Waals surface area (Å²) in [5.74, 6) is -0.634. The third-order valence-electron chi connectivity index (χ3n) is 5.15. The lowest BCUT2D eigenvalue weighted by Gasteiger charge is -2.10. The van der Waals surface area contributed by atoms with Crippen LogP contribution in [0.25, 0.3) is 27.7 Å². The number of aromatic nitrogens is 1. The minimum absolute atomic E-state index is 0.0810. The largest absolute Gasteiger partial charge is 0.478 e. The number of halogens is 3. The monoisotopic (exact) mass is 498 g/mol. The Morgan fingerprint density at radius 2 is 1.86 bits per heavy atom. The van der Waals surface area contributed by atoms with Crippen LogP contribution in [0, 0.1) is 0 Å². The van der Waals surface area contributed by atoms with Crippen molar-refractivity contribution in [2.75, 3.05) is 6.61 Å². The van der Waals surface area contributed by atoms with Crippen LogP contribution in [0.3, 0.4) is 0 Å². The molecule has 0 fully saturated rings. The topological polar surface area (TPSA) is 93.8 Å². The predicted molar refractivity (Wildman–Crippen MR) is 126 cm³/mol. The Morgan fingerprint density at radius 3 is 2.56 bits per heavy atom. The second kappa shape index (κ2) is 10.5. The van der Waals surface area contributed by atoms with Crippen LogP contribution >= 0.6 is 0 Å². The molecular weight excluding hydrogens is 477 g/mol. The quantitative estimate of drug-likeness (QED) is 0.154. The maximum atomic E-state index is 12.8. The number of rotatable bonds is 9. The first kappa shape index (κ1) is 24.8. The highest BCUT2D eigenvalue weighted by atomic mass is 19.4. The van der Waals surface area contributed by atoms with Gasteiger partial charge in [-0.2, -0.15) is 13.2 Å². The number of nitrogens with one attached hydrogen (secondary N) is 1. The maximum Gasteiger partial charge on any atom is 0.416 e. The first-order valence-corrected chi connectivity index (χ1v) is 10.9. The molecule has 0 aliphatic rings. The van der Waals surface area contributed by atoms with Crippen LogP contribution < -0.4 is 10.2 Å². The van der Waals surface area contributed by atoms with Crippen molar-refractivity contribution in [2.45, 2.75) is 19.5 Å². The van der Waals surface area contributed by atoms with Crippen molar-refractivity contribution in [3.05, 3.63) is 89.9 Å². The molecule has 3 aromatic carbocycles. The summed E-state index contributed by atoms with van der Waals surface area (Å²) in [6.07, 6.45) is -2.44. The number of fused-ring (bicyclic) bond motifs is 1. The second-order valence-electron chi connectivity index (χ2n) is 7.75. The summed E-state index contributed by atoms with van der Waals surface area (Å²) in [7, 11) is 0. The van der Waals surface area contributed by atoms with Crippen LogP contribution in [0.5, 0.6) is 5.75 Å². The lowest BCUT2D eigenvalue weighted by Crippen LogP contribution is -2.14. The van der Waals surface area contributed by atoms with Crippen molar-refractivity contribution >= 4 is 22.4 Å². The van der Waals surface area contributed by atoms with E-state index in [9.17, 15) is 23.1 Å². The molecular formula is C26H21F3N2O5. The zero-order chi connectivity index (χ0) is 25.7. The number of hydrogen-bond donors (Lipinski definition) is 2. The Balaban J connectivity index is 1.63. The van der Waals surface area contributed by atoms with Gasteiger partial charge in [0.25, 0.3) is 0 Å². The molecule has 36 heavy (non-hydrogen) atoms. The number of hydrogen-bond acceptors (Lipinski definition) is 6.